The summed E-state index contributed by atoms with van der Waals surface area (Å²) in [4.78, 5) is 0. The van der Waals surface area contributed by atoms with E-state index in [-0.39, 0.29) is 34.5 Å². The maximum absolute atomic E-state index is 11.1. The van der Waals surface area contributed by atoms with Crippen LogP contribution in [0.15, 0.2) is 72.8 Å². The second-order valence-corrected chi connectivity index (χ2v) is 8.61. The van der Waals surface area contributed by atoms with Crippen molar-refractivity contribution in [2.45, 2.75) is 12.0 Å². The van der Waals surface area contributed by atoms with E-state index in [1.807, 2.05) is 12.2 Å². The average Bonchev–Trinajstić information content (AvgIpc) is 3.23. The standard InChI is InChI=1S/C29H24O7/c1-35-25-14-18(6-9-23(25)33)29-27(19-12-21(31)15-22(32)13-19)28-24(34)10-17(11-26(28)36-29)3-2-16-4-7-20(30)8-5-16/h2-15,27,29-34H,1H3. The second kappa shape index (κ2) is 9.11. The van der Waals surface area contributed by atoms with Gasteiger partial charge in [-0.15, -0.1) is 0 Å². The Bertz CT molecular complexity index is 1440. The van der Waals surface area contributed by atoms with E-state index in [4.69, 9.17) is 9.47 Å². The summed E-state index contributed by atoms with van der Waals surface area (Å²) in [6.07, 6.45) is 3.03. The summed E-state index contributed by atoms with van der Waals surface area (Å²) in [5, 5.41) is 50.9. The van der Waals surface area contributed by atoms with Crippen LogP contribution in [0.2, 0.25) is 0 Å². The number of aromatic hydroxyl groups is 5. The Balaban J connectivity index is 1.60. The largest absolute Gasteiger partial charge is 0.508 e. The predicted molar refractivity (Wildman–Crippen MR) is 135 cm³/mol. The van der Waals surface area contributed by atoms with Crippen molar-refractivity contribution in [1.29, 1.82) is 0 Å². The lowest BCUT2D eigenvalue weighted by Gasteiger charge is -2.21. The van der Waals surface area contributed by atoms with Gasteiger partial charge in [0.05, 0.1) is 13.0 Å². The zero-order chi connectivity index (χ0) is 25.4. The molecule has 4 aromatic rings. The quantitative estimate of drug-likeness (QED) is 0.232. The Morgan fingerprint density at radius 2 is 1.36 bits per heavy atom. The maximum Gasteiger partial charge on any atom is 0.160 e. The molecule has 0 saturated heterocycles. The molecule has 0 saturated carbocycles. The minimum absolute atomic E-state index is 0.000989. The van der Waals surface area contributed by atoms with E-state index in [9.17, 15) is 25.5 Å². The molecule has 0 spiro atoms. The number of methoxy groups -OCH3 is 1. The topological polar surface area (TPSA) is 120 Å². The van der Waals surface area contributed by atoms with Crippen LogP contribution in [0.3, 0.4) is 0 Å². The van der Waals surface area contributed by atoms with E-state index < -0.39 is 12.0 Å². The summed E-state index contributed by atoms with van der Waals surface area (Å²) in [6, 6.07) is 19.3. The monoisotopic (exact) mass is 484 g/mol. The number of hydrogen-bond donors (Lipinski definition) is 5. The van der Waals surface area contributed by atoms with Gasteiger partial charge in [0.15, 0.2) is 11.5 Å². The molecule has 0 aromatic heterocycles. The molecule has 2 unspecified atom stereocenters. The zero-order valence-electron chi connectivity index (χ0n) is 19.3. The van der Waals surface area contributed by atoms with Crippen LogP contribution < -0.4 is 9.47 Å². The van der Waals surface area contributed by atoms with E-state index in [0.717, 1.165) is 5.56 Å². The van der Waals surface area contributed by atoms with Gasteiger partial charge >= 0.3 is 0 Å². The van der Waals surface area contributed by atoms with Crippen molar-refractivity contribution in [2.24, 2.45) is 0 Å². The molecule has 182 valence electrons. The average molecular weight is 485 g/mol. The Labute approximate surface area is 207 Å². The van der Waals surface area contributed by atoms with Crippen molar-refractivity contribution in [3.8, 4) is 40.2 Å². The van der Waals surface area contributed by atoms with Crippen LogP contribution in [0.4, 0.5) is 0 Å². The van der Waals surface area contributed by atoms with Gasteiger partial charge in [-0.05, 0) is 70.8 Å². The van der Waals surface area contributed by atoms with Crippen LogP contribution >= 0.6 is 0 Å². The van der Waals surface area contributed by atoms with Crippen molar-refractivity contribution in [3.63, 3.8) is 0 Å². The third-order valence-corrected chi connectivity index (χ3v) is 6.19. The molecule has 0 amide bonds. The van der Waals surface area contributed by atoms with Crippen LogP contribution in [-0.4, -0.2) is 32.6 Å². The van der Waals surface area contributed by atoms with Crippen LogP contribution in [0, 0.1) is 0 Å². The van der Waals surface area contributed by atoms with E-state index in [1.54, 1.807) is 48.5 Å². The molecule has 0 bridgehead atoms. The number of hydrogen-bond acceptors (Lipinski definition) is 7. The van der Waals surface area contributed by atoms with Crippen molar-refractivity contribution >= 4 is 12.2 Å². The molecule has 2 atom stereocenters. The number of fused-ring (bicyclic) bond motifs is 1. The third-order valence-electron chi connectivity index (χ3n) is 6.19. The summed E-state index contributed by atoms with van der Waals surface area (Å²) >= 11 is 0. The highest BCUT2D eigenvalue weighted by atomic mass is 16.5. The molecule has 7 heteroatoms. The van der Waals surface area contributed by atoms with E-state index >= 15 is 0 Å². The molecule has 0 aliphatic carbocycles. The first kappa shape index (κ1) is 23.0. The summed E-state index contributed by atoms with van der Waals surface area (Å²) in [6.45, 7) is 0. The first-order valence-corrected chi connectivity index (χ1v) is 11.2. The Morgan fingerprint density at radius 1 is 0.667 bits per heavy atom. The third kappa shape index (κ3) is 4.34. The second-order valence-electron chi connectivity index (χ2n) is 8.61. The van der Waals surface area contributed by atoms with Gasteiger partial charge in [-0.25, -0.2) is 0 Å². The predicted octanol–water partition coefficient (Wildman–Crippen LogP) is 5.66. The zero-order valence-corrected chi connectivity index (χ0v) is 19.3. The fourth-order valence-corrected chi connectivity index (χ4v) is 4.54. The molecule has 0 fully saturated rings. The fourth-order valence-electron chi connectivity index (χ4n) is 4.54. The van der Waals surface area contributed by atoms with Crippen LogP contribution in [0.1, 0.15) is 39.8 Å². The first-order chi connectivity index (χ1) is 17.3. The number of phenols is 5. The fraction of sp³-hybridized carbons (Fsp3) is 0.103. The highest BCUT2D eigenvalue weighted by Gasteiger charge is 2.40. The van der Waals surface area contributed by atoms with Crippen molar-refractivity contribution in [1.82, 2.24) is 0 Å². The molecule has 1 aliphatic heterocycles. The lowest BCUT2D eigenvalue weighted by atomic mass is 9.84. The van der Waals surface area contributed by atoms with Crippen molar-refractivity contribution in [3.05, 3.63) is 101 Å². The smallest absolute Gasteiger partial charge is 0.160 e. The highest BCUT2D eigenvalue weighted by molar-refractivity contribution is 5.73. The number of benzene rings is 4. The lowest BCUT2D eigenvalue weighted by Crippen LogP contribution is -2.11. The number of phenolic OH excluding ortho intramolecular Hbond substituents is 5. The molecule has 5 rings (SSSR count). The summed E-state index contributed by atoms with van der Waals surface area (Å²) in [7, 11) is 1.45. The lowest BCUT2D eigenvalue weighted by molar-refractivity contribution is 0.221. The molecule has 36 heavy (non-hydrogen) atoms. The van der Waals surface area contributed by atoms with Gasteiger partial charge in [0.2, 0.25) is 0 Å². The van der Waals surface area contributed by atoms with Crippen LogP contribution in [0.25, 0.3) is 12.2 Å². The Morgan fingerprint density at radius 3 is 2.06 bits per heavy atom. The van der Waals surface area contributed by atoms with Crippen molar-refractivity contribution < 1.29 is 35.0 Å². The molecular weight excluding hydrogens is 460 g/mol. The minimum Gasteiger partial charge on any atom is -0.508 e. The van der Waals surface area contributed by atoms with E-state index in [0.29, 0.717) is 28.0 Å². The number of rotatable bonds is 5. The molecule has 1 aliphatic rings. The molecule has 0 radical (unpaired) electrons. The molecule has 4 aromatic carbocycles. The van der Waals surface area contributed by atoms with Gasteiger partial charge in [-0.1, -0.05) is 30.4 Å². The minimum atomic E-state index is -0.641. The summed E-state index contributed by atoms with van der Waals surface area (Å²) in [5.74, 6) is 0.0733. The molecule has 7 nitrogen and oxygen atoms in total. The summed E-state index contributed by atoms with van der Waals surface area (Å²) in [5.41, 5.74) is 3.30. The maximum atomic E-state index is 11.1. The van der Waals surface area contributed by atoms with Gasteiger partial charge in [0.1, 0.15) is 34.9 Å². The molecule has 1 heterocycles. The van der Waals surface area contributed by atoms with Gasteiger partial charge in [-0.3, -0.25) is 0 Å². The summed E-state index contributed by atoms with van der Waals surface area (Å²) < 4.78 is 11.6. The normalized spacial score (nSPS) is 16.6. The van der Waals surface area contributed by atoms with Crippen LogP contribution in [0.5, 0.6) is 40.2 Å². The van der Waals surface area contributed by atoms with Crippen molar-refractivity contribution in [2.75, 3.05) is 7.11 Å². The highest BCUT2D eigenvalue weighted by Crippen LogP contribution is 2.54. The SMILES string of the molecule is COc1cc(C2Oc3cc(C=Cc4ccc(O)cc4)cc(O)c3C2c2cc(O)cc(O)c2)ccc1O. The Hall–Kier alpha value is -4.78. The van der Waals surface area contributed by atoms with Gasteiger partial charge in [0.25, 0.3) is 0 Å². The van der Waals surface area contributed by atoms with Gasteiger partial charge in [0, 0.05) is 11.6 Å². The first-order valence-electron chi connectivity index (χ1n) is 11.2. The molecule has 5 N–H and O–H groups in total. The van der Waals surface area contributed by atoms with Crippen LogP contribution in [-0.2, 0) is 0 Å². The molecular formula is C29H24O7. The number of ether oxygens (including phenoxy) is 2. The van der Waals surface area contributed by atoms with E-state index in [1.165, 1.54) is 31.4 Å². The van der Waals surface area contributed by atoms with Gasteiger partial charge in [-0.2, -0.15) is 0 Å². The van der Waals surface area contributed by atoms with Gasteiger partial charge < -0.3 is 35.0 Å². The Kier molecular flexibility index (Phi) is 5.82. The van der Waals surface area contributed by atoms with E-state index in [2.05, 4.69) is 0 Å².